The van der Waals surface area contributed by atoms with E-state index in [-0.39, 0.29) is 6.42 Å². The quantitative estimate of drug-likeness (QED) is 0.777. The number of hydrogen-bond acceptors (Lipinski definition) is 3. The first-order chi connectivity index (χ1) is 11.6. The number of aliphatic carboxylic acids is 1. The van der Waals surface area contributed by atoms with Crippen LogP contribution in [0.15, 0.2) is 42.5 Å². The minimum Gasteiger partial charge on any atom is -0.481 e. The molecular weight excluding hydrogens is 306 g/mol. The Morgan fingerprint density at radius 2 is 1.88 bits per heavy atom. The molecule has 0 heterocycles. The number of fused-ring (bicyclic) bond motifs is 3. The zero-order valence-electron chi connectivity index (χ0n) is 13.5. The first-order valence-corrected chi connectivity index (χ1v) is 7.89. The molecule has 2 aromatic carbocycles. The molecule has 3 rings (SSSR count). The van der Waals surface area contributed by atoms with Gasteiger partial charge in [-0.25, -0.2) is 4.79 Å². The second-order valence-electron chi connectivity index (χ2n) is 5.76. The van der Waals surface area contributed by atoms with Crippen LogP contribution in [0, 0.1) is 0 Å². The first kappa shape index (κ1) is 16.1. The van der Waals surface area contributed by atoms with Crippen molar-refractivity contribution >= 4 is 17.7 Å². The lowest BCUT2D eigenvalue weighted by Crippen LogP contribution is -2.32. The summed E-state index contributed by atoms with van der Waals surface area (Å²) in [5, 5.41) is 8.83. The molecule has 0 saturated carbocycles. The van der Waals surface area contributed by atoms with Crippen molar-refractivity contribution < 1.29 is 19.4 Å². The SMILES string of the molecule is COC(=O)N(CCCC(=O)O)c1cccc2c1Cc1ccccc1-2. The van der Waals surface area contributed by atoms with Gasteiger partial charge in [0.25, 0.3) is 0 Å². The maximum atomic E-state index is 12.2. The Kier molecular flexibility index (Phi) is 4.51. The van der Waals surface area contributed by atoms with Crippen LogP contribution in [0.4, 0.5) is 10.5 Å². The van der Waals surface area contributed by atoms with Crippen molar-refractivity contribution in [2.45, 2.75) is 19.3 Å². The maximum absolute atomic E-state index is 12.2. The Hall–Kier alpha value is -2.82. The molecule has 124 valence electrons. The van der Waals surface area contributed by atoms with Crippen LogP contribution in [0.25, 0.3) is 11.1 Å². The summed E-state index contributed by atoms with van der Waals surface area (Å²) in [6.45, 7) is 0.311. The zero-order chi connectivity index (χ0) is 17.1. The summed E-state index contributed by atoms with van der Waals surface area (Å²) in [5.74, 6) is -0.870. The molecule has 0 fully saturated rings. The third kappa shape index (κ3) is 2.97. The Morgan fingerprint density at radius 3 is 2.62 bits per heavy atom. The number of anilines is 1. The predicted molar refractivity (Wildman–Crippen MR) is 91.3 cm³/mol. The van der Waals surface area contributed by atoms with Crippen molar-refractivity contribution in [3.8, 4) is 11.1 Å². The molecule has 0 radical (unpaired) electrons. The number of ether oxygens (including phenoxy) is 1. The number of hydrogen-bond donors (Lipinski definition) is 1. The van der Waals surface area contributed by atoms with E-state index in [0.717, 1.165) is 23.2 Å². The summed E-state index contributed by atoms with van der Waals surface area (Å²) in [5.41, 5.74) is 5.41. The molecule has 1 amide bonds. The summed E-state index contributed by atoms with van der Waals surface area (Å²) in [6, 6.07) is 14.0. The first-order valence-electron chi connectivity index (χ1n) is 7.89. The third-order valence-electron chi connectivity index (χ3n) is 4.28. The molecule has 1 N–H and O–H groups in total. The van der Waals surface area contributed by atoms with Crippen LogP contribution in [0.2, 0.25) is 0 Å². The second-order valence-corrected chi connectivity index (χ2v) is 5.76. The molecule has 24 heavy (non-hydrogen) atoms. The monoisotopic (exact) mass is 325 g/mol. The van der Waals surface area contributed by atoms with Crippen molar-refractivity contribution in [3.05, 3.63) is 53.6 Å². The second kappa shape index (κ2) is 6.74. The number of carboxylic acid groups (broad SMARTS) is 1. The molecule has 1 aliphatic carbocycles. The Morgan fingerprint density at radius 1 is 1.12 bits per heavy atom. The molecule has 0 bridgehead atoms. The van der Waals surface area contributed by atoms with Crippen molar-refractivity contribution in [1.29, 1.82) is 0 Å². The third-order valence-corrected chi connectivity index (χ3v) is 4.28. The fraction of sp³-hybridized carbons (Fsp3) is 0.263. The van der Waals surface area contributed by atoms with Gasteiger partial charge >= 0.3 is 12.1 Å². The number of carbonyl (C=O) groups is 2. The summed E-state index contributed by atoms with van der Waals surface area (Å²) >= 11 is 0. The highest BCUT2D eigenvalue weighted by Crippen LogP contribution is 2.41. The number of methoxy groups -OCH3 is 1. The van der Waals surface area contributed by atoms with Gasteiger partial charge in [-0.3, -0.25) is 9.69 Å². The van der Waals surface area contributed by atoms with Gasteiger partial charge in [0.1, 0.15) is 0 Å². The minimum absolute atomic E-state index is 0.0166. The van der Waals surface area contributed by atoms with E-state index in [2.05, 4.69) is 18.2 Å². The fourth-order valence-electron chi connectivity index (χ4n) is 3.20. The predicted octanol–water partition coefficient (Wildman–Crippen LogP) is 3.70. The fourth-order valence-corrected chi connectivity index (χ4v) is 3.20. The van der Waals surface area contributed by atoms with E-state index in [0.29, 0.717) is 13.0 Å². The molecule has 0 saturated heterocycles. The van der Waals surface area contributed by atoms with Crippen LogP contribution in [0.5, 0.6) is 0 Å². The highest BCUT2D eigenvalue weighted by Gasteiger charge is 2.26. The lowest BCUT2D eigenvalue weighted by molar-refractivity contribution is -0.137. The van der Waals surface area contributed by atoms with Gasteiger partial charge in [0.2, 0.25) is 0 Å². The molecule has 1 aliphatic rings. The Bertz CT molecular complexity index is 785. The average molecular weight is 325 g/mol. The van der Waals surface area contributed by atoms with Gasteiger partial charge in [-0.1, -0.05) is 36.4 Å². The lowest BCUT2D eigenvalue weighted by atomic mass is 10.0. The standard InChI is InChI=1S/C19H19NO4/c1-24-19(23)20(11-5-10-18(21)22)17-9-4-8-15-14-7-3-2-6-13(14)12-16(15)17/h2-4,6-9H,5,10-12H2,1H3,(H,21,22). The molecule has 5 nitrogen and oxygen atoms in total. The summed E-state index contributed by atoms with van der Waals surface area (Å²) in [7, 11) is 1.34. The number of benzene rings is 2. The molecule has 0 spiro atoms. The molecular formula is C19H19NO4. The van der Waals surface area contributed by atoms with E-state index >= 15 is 0 Å². The van der Waals surface area contributed by atoms with Crippen LogP contribution < -0.4 is 4.90 Å². The highest BCUT2D eigenvalue weighted by atomic mass is 16.5. The normalized spacial score (nSPS) is 11.5. The van der Waals surface area contributed by atoms with Gasteiger partial charge in [0.15, 0.2) is 0 Å². The molecule has 0 aliphatic heterocycles. The molecule has 0 aromatic heterocycles. The van der Waals surface area contributed by atoms with Crippen molar-refractivity contribution in [2.24, 2.45) is 0 Å². The van der Waals surface area contributed by atoms with Gasteiger partial charge in [-0.05, 0) is 34.7 Å². The van der Waals surface area contributed by atoms with Crippen LogP contribution in [0.3, 0.4) is 0 Å². The Labute approximate surface area is 140 Å². The summed E-state index contributed by atoms with van der Waals surface area (Å²) < 4.78 is 4.90. The number of rotatable bonds is 5. The van der Waals surface area contributed by atoms with Crippen molar-refractivity contribution in [2.75, 3.05) is 18.6 Å². The van der Waals surface area contributed by atoms with E-state index < -0.39 is 12.1 Å². The van der Waals surface area contributed by atoms with Crippen LogP contribution in [-0.4, -0.2) is 30.8 Å². The summed E-state index contributed by atoms with van der Waals surface area (Å²) in [6.07, 6.45) is 0.683. The van der Waals surface area contributed by atoms with E-state index in [4.69, 9.17) is 9.84 Å². The Balaban J connectivity index is 1.95. The van der Waals surface area contributed by atoms with Gasteiger partial charge < -0.3 is 9.84 Å². The van der Waals surface area contributed by atoms with Crippen molar-refractivity contribution in [1.82, 2.24) is 0 Å². The van der Waals surface area contributed by atoms with Crippen LogP contribution in [0.1, 0.15) is 24.0 Å². The molecule has 5 heteroatoms. The van der Waals surface area contributed by atoms with Crippen molar-refractivity contribution in [3.63, 3.8) is 0 Å². The zero-order valence-corrected chi connectivity index (χ0v) is 13.5. The minimum atomic E-state index is -0.870. The molecule has 0 unspecified atom stereocenters. The molecule has 0 atom stereocenters. The van der Waals surface area contributed by atoms with Crippen LogP contribution >= 0.6 is 0 Å². The smallest absolute Gasteiger partial charge is 0.414 e. The highest BCUT2D eigenvalue weighted by molar-refractivity contribution is 5.92. The molecule has 2 aromatic rings. The largest absolute Gasteiger partial charge is 0.481 e. The van der Waals surface area contributed by atoms with Crippen LogP contribution in [-0.2, 0) is 16.0 Å². The maximum Gasteiger partial charge on any atom is 0.414 e. The van der Waals surface area contributed by atoms with E-state index in [9.17, 15) is 9.59 Å². The lowest BCUT2D eigenvalue weighted by Gasteiger charge is -2.23. The van der Waals surface area contributed by atoms with Gasteiger partial charge in [-0.15, -0.1) is 0 Å². The number of carbonyl (C=O) groups excluding carboxylic acids is 1. The number of amides is 1. The van der Waals surface area contributed by atoms with Gasteiger partial charge in [0.05, 0.1) is 12.8 Å². The van der Waals surface area contributed by atoms with E-state index in [1.54, 1.807) is 0 Å². The average Bonchev–Trinajstić information content (AvgIpc) is 2.97. The van der Waals surface area contributed by atoms with E-state index in [1.165, 1.54) is 23.1 Å². The topological polar surface area (TPSA) is 66.8 Å². The van der Waals surface area contributed by atoms with Gasteiger partial charge in [0, 0.05) is 19.4 Å². The number of carboxylic acids is 1. The summed E-state index contributed by atoms with van der Waals surface area (Å²) in [4.78, 5) is 24.5. The number of nitrogens with zero attached hydrogens (tertiary/aromatic N) is 1. The van der Waals surface area contributed by atoms with E-state index in [1.807, 2.05) is 24.3 Å². The van der Waals surface area contributed by atoms with Gasteiger partial charge in [-0.2, -0.15) is 0 Å².